The first kappa shape index (κ1) is 18.4. The smallest absolute Gasteiger partial charge is 0.387 e. The van der Waals surface area contributed by atoms with Crippen LogP contribution in [0.25, 0.3) is 0 Å². The molecule has 1 aliphatic rings. The Morgan fingerprint density at radius 2 is 2.25 bits per heavy atom. The van der Waals surface area contributed by atoms with Crippen molar-refractivity contribution in [2.24, 2.45) is 0 Å². The molecule has 0 radical (unpaired) electrons. The number of hydrogen-bond donors (Lipinski definition) is 3. The number of urea groups is 1. The third-order valence-corrected chi connectivity index (χ3v) is 4.26. The minimum absolute atomic E-state index is 0.0258. The number of benzene rings is 1. The number of amides is 2. The third-order valence-electron chi connectivity index (χ3n) is 4.26. The van der Waals surface area contributed by atoms with Crippen LogP contribution in [0.4, 0.5) is 13.6 Å². The summed E-state index contributed by atoms with van der Waals surface area (Å²) in [7, 11) is 0. The first-order chi connectivity index (χ1) is 11.5. The molecular formula is C17H24F2N2O3. The largest absolute Gasteiger partial charge is 0.435 e. The normalized spacial score (nSPS) is 18.0. The SMILES string of the molecule is CCC(CCO)NC(=O)NC1CCCc2cc(OC(F)F)ccc21. The fourth-order valence-corrected chi connectivity index (χ4v) is 3.04. The van der Waals surface area contributed by atoms with Crippen LogP contribution in [0.3, 0.4) is 0 Å². The van der Waals surface area contributed by atoms with Gasteiger partial charge in [-0.05, 0) is 55.4 Å². The summed E-state index contributed by atoms with van der Waals surface area (Å²) in [5.74, 6) is 0.142. The molecule has 0 saturated heterocycles. The van der Waals surface area contributed by atoms with E-state index in [4.69, 9.17) is 5.11 Å². The Balaban J connectivity index is 2.02. The van der Waals surface area contributed by atoms with Gasteiger partial charge in [-0.1, -0.05) is 13.0 Å². The van der Waals surface area contributed by atoms with Gasteiger partial charge in [-0.15, -0.1) is 0 Å². The summed E-state index contributed by atoms with van der Waals surface area (Å²) in [5, 5.41) is 14.8. The van der Waals surface area contributed by atoms with Crippen molar-refractivity contribution in [1.29, 1.82) is 0 Å². The van der Waals surface area contributed by atoms with E-state index in [0.29, 0.717) is 6.42 Å². The van der Waals surface area contributed by atoms with Crippen molar-refractivity contribution in [3.05, 3.63) is 29.3 Å². The van der Waals surface area contributed by atoms with Gasteiger partial charge >= 0.3 is 12.6 Å². The lowest BCUT2D eigenvalue weighted by molar-refractivity contribution is -0.0499. The monoisotopic (exact) mass is 342 g/mol. The molecule has 134 valence electrons. The van der Waals surface area contributed by atoms with Gasteiger partial charge in [0.15, 0.2) is 0 Å². The number of aliphatic hydroxyl groups excluding tert-OH is 1. The number of rotatable bonds is 7. The number of alkyl halides is 2. The molecule has 2 rings (SSSR count). The number of nitrogens with one attached hydrogen (secondary N) is 2. The summed E-state index contributed by atoms with van der Waals surface area (Å²) in [5.41, 5.74) is 1.86. The average Bonchev–Trinajstić information content (AvgIpc) is 2.53. The van der Waals surface area contributed by atoms with Crippen LogP contribution in [0.2, 0.25) is 0 Å². The minimum atomic E-state index is -2.84. The van der Waals surface area contributed by atoms with Crippen LogP contribution < -0.4 is 15.4 Å². The molecule has 2 amide bonds. The lowest BCUT2D eigenvalue weighted by atomic mass is 9.87. The Labute approximate surface area is 140 Å². The highest BCUT2D eigenvalue weighted by Crippen LogP contribution is 2.32. The molecule has 7 heteroatoms. The zero-order valence-corrected chi connectivity index (χ0v) is 13.7. The summed E-state index contributed by atoms with van der Waals surface area (Å²) in [6.45, 7) is -0.872. The predicted octanol–water partition coefficient (Wildman–Crippen LogP) is 3.13. The van der Waals surface area contributed by atoms with Crippen LogP contribution in [0.5, 0.6) is 5.75 Å². The number of carbonyl (C=O) groups is 1. The number of hydrogen-bond acceptors (Lipinski definition) is 3. The van der Waals surface area contributed by atoms with Crippen molar-refractivity contribution >= 4 is 6.03 Å². The molecule has 5 nitrogen and oxygen atoms in total. The van der Waals surface area contributed by atoms with Crippen molar-refractivity contribution < 1.29 is 23.4 Å². The summed E-state index contributed by atoms with van der Waals surface area (Å²) in [6.07, 6.45) is 3.69. The average molecular weight is 342 g/mol. The molecule has 0 saturated carbocycles. The van der Waals surface area contributed by atoms with Crippen LogP contribution in [-0.2, 0) is 6.42 Å². The highest BCUT2D eigenvalue weighted by molar-refractivity contribution is 5.75. The molecular weight excluding hydrogens is 318 g/mol. The second-order valence-electron chi connectivity index (χ2n) is 5.92. The first-order valence-corrected chi connectivity index (χ1v) is 8.29. The molecule has 0 spiro atoms. The lowest BCUT2D eigenvalue weighted by Crippen LogP contribution is -2.44. The molecule has 1 aromatic rings. The number of carbonyl (C=O) groups excluding carboxylic acids is 1. The molecule has 0 aromatic heterocycles. The maximum atomic E-state index is 12.3. The number of aryl methyl sites for hydroxylation is 1. The van der Waals surface area contributed by atoms with E-state index < -0.39 is 6.61 Å². The summed E-state index contributed by atoms with van der Waals surface area (Å²) in [6, 6.07) is 4.36. The van der Waals surface area contributed by atoms with E-state index in [-0.39, 0.29) is 30.5 Å². The molecule has 1 aromatic carbocycles. The highest BCUT2D eigenvalue weighted by Gasteiger charge is 2.23. The maximum absolute atomic E-state index is 12.3. The second kappa shape index (κ2) is 8.82. The molecule has 2 atom stereocenters. The molecule has 1 aliphatic carbocycles. The van der Waals surface area contributed by atoms with E-state index in [2.05, 4.69) is 15.4 Å². The Bertz CT molecular complexity index is 555. The number of ether oxygens (including phenoxy) is 1. The van der Waals surface area contributed by atoms with Crippen LogP contribution in [0.15, 0.2) is 18.2 Å². The van der Waals surface area contributed by atoms with Gasteiger partial charge in [-0.25, -0.2) is 4.79 Å². The van der Waals surface area contributed by atoms with Gasteiger partial charge in [0.05, 0.1) is 6.04 Å². The molecule has 0 fully saturated rings. The lowest BCUT2D eigenvalue weighted by Gasteiger charge is -2.28. The van der Waals surface area contributed by atoms with Gasteiger partial charge in [0, 0.05) is 12.6 Å². The first-order valence-electron chi connectivity index (χ1n) is 8.29. The van der Waals surface area contributed by atoms with Gasteiger partial charge in [-0.3, -0.25) is 0 Å². The number of halogens is 2. The van der Waals surface area contributed by atoms with E-state index in [9.17, 15) is 13.6 Å². The zero-order chi connectivity index (χ0) is 17.5. The van der Waals surface area contributed by atoms with E-state index in [1.54, 1.807) is 12.1 Å². The van der Waals surface area contributed by atoms with E-state index in [0.717, 1.165) is 36.8 Å². The summed E-state index contributed by atoms with van der Waals surface area (Å²) in [4.78, 5) is 12.1. The van der Waals surface area contributed by atoms with Crippen molar-refractivity contribution in [1.82, 2.24) is 10.6 Å². The molecule has 0 heterocycles. The van der Waals surface area contributed by atoms with E-state index in [1.165, 1.54) is 6.07 Å². The van der Waals surface area contributed by atoms with Crippen LogP contribution >= 0.6 is 0 Å². The van der Waals surface area contributed by atoms with Crippen LogP contribution in [0.1, 0.15) is 49.8 Å². The Morgan fingerprint density at radius 3 is 2.92 bits per heavy atom. The van der Waals surface area contributed by atoms with Crippen LogP contribution in [-0.4, -0.2) is 30.4 Å². The fourth-order valence-electron chi connectivity index (χ4n) is 3.04. The Kier molecular flexibility index (Phi) is 6.78. The third kappa shape index (κ3) is 5.06. The molecule has 0 aliphatic heterocycles. The van der Waals surface area contributed by atoms with Gasteiger partial charge in [0.2, 0.25) is 0 Å². The molecule has 2 unspecified atom stereocenters. The predicted molar refractivity (Wildman–Crippen MR) is 86.2 cm³/mol. The second-order valence-corrected chi connectivity index (χ2v) is 5.92. The topological polar surface area (TPSA) is 70.6 Å². The number of aliphatic hydroxyl groups is 1. The summed E-state index contributed by atoms with van der Waals surface area (Å²) < 4.78 is 29.1. The zero-order valence-electron chi connectivity index (χ0n) is 13.7. The Hall–Kier alpha value is -1.89. The van der Waals surface area contributed by atoms with Crippen molar-refractivity contribution in [2.75, 3.05) is 6.61 Å². The van der Waals surface area contributed by atoms with Crippen LogP contribution in [0, 0.1) is 0 Å². The van der Waals surface area contributed by atoms with E-state index >= 15 is 0 Å². The van der Waals surface area contributed by atoms with Gasteiger partial charge in [0.1, 0.15) is 5.75 Å². The molecule has 24 heavy (non-hydrogen) atoms. The minimum Gasteiger partial charge on any atom is -0.435 e. The highest BCUT2D eigenvalue weighted by atomic mass is 19.3. The van der Waals surface area contributed by atoms with Crippen molar-refractivity contribution in [3.8, 4) is 5.75 Å². The van der Waals surface area contributed by atoms with E-state index in [1.807, 2.05) is 6.92 Å². The molecule has 0 bridgehead atoms. The van der Waals surface area contributed by atoms with Gasteiger partial charge in [0.25, 0.3) is 0 Å². The van der Waals surface area contributed by atoms with Gasteiger partial charge in [-0.2, -0.15) is 8.78 Å². The Morgan fingerprint density at radius 1 is 1.46 bits per heavy atom. The van der Waals surface area contributed by atoms with Crippen molar-refractivity contribution in [3.63, 3.8) is 0 Å². The fraction of sp³-hybridized carbons (Fsp3) is 0.588. The standard InChI is InChI=1S/C17H24F2N2O3/c1-2-12(8-9-22)20-17(23)21-15-5-3-4-11-10-13(24-16(18)19)6-7-14(11)15/h6-7,10,12,15-16,22H,2-5,8-9H2,1H3,(H2,20,21,23). The maximum Gasteiger partial charge on any atom is 0.387 e. The summed E-state index contributed by atoms with van der Waals surface area (Å²) >= 11 is 0. The van der Waals surface area contributed by atoms with Crippen molar-refractivity contribution in [2.45, 2.75) is 57.7 Å². The molecule has 3 N–H and O–H groups in total. The quantitative estimate of drug-likeness (QED) is 0.713. The number of fused-ring (bicyclic) bond motifs is 1. The van der Waals surface area contributed by atoms with Gasteiger partial charge < -0.3 is 20.5 Å².